The first-order valence-corrected chi connectivity index (χ1v) is 7.77. The van der Waals surface area contributed by atoms with E-state index in [-0.39, 0.29) is 19.1 Å². The van der Waals surface area contributed by atoms with Crippen LogP contribution in [0.3, 0.4) is 0 Å². The van der Waals surface area contributed by atoms with Crippen LogP contribution in [0.5, 0.6) is 5.75 Å². The van der Waals surface area contributed by atoms with Crippen molar-refractivity contribution in [1.29, 1.82) is 0 Å². The highest BCUT2D eigenvalue weighted by atomic mass is 16.5. The van der Waals surface area contributed by atoms with Crippen LogP contribution in [0, 0.1) is 5.92 Å². The molecule has 1 aromatic rings. The fraction of sp³-hybridized carbons (Fsp3) is 0.588. The Hall–Kier alpha value is -1.55. The number of aryl methyl sites for hydroxylation is 2. The molecule has 2 aliphatic carbocycles. The lowest BCUT2D eigenvalue weighted by molar-refractivity contribution is -0.125. The molecular weight excluding hydrogens is 266 g/mol. The van der Waals surface area contributed by atoms with E-state index in [0.717, 1.165) is 31.4 Å². The Balaban J connectivity index is 1.53. The number of amides is 1. The van der Waals surface area contributed by atoms with Crippen LogP contribution in [0.15, 0.2) is 18.2 Å². The number of aliphatic hydroxyl groups is 1. The molecule has 1 atom stereocenters. The Labute approximate surface area is 125 Å². The van der Waals surface area contributed by atoms with Gasteiger partial charge in [0.25, 0.3) is 5.91 Å². The van der Waals surface area contributed by atoms with E-state index in [1.165, 1.54) is 17.5 Å². The van der Waals surface area contributed by atoms with E-state index in [0.29, 0.717) is 5.92 Å². The molecule has 0 radical (unpaired) electrons. The van der Waals surface area contributed by atoms with Gasteiger partial charge in [0.2, 0.25) is 0 Å². The molecule has 1 saturated carbocycles. The number of carbonyl (C=O) groups excluding carboxylic acids is 1. The molecule has 1 aromatic carbocycles. The highest BCUT2D eigenvalue weighted by Crippen LogP contribution is 2.39. The van der Waals surface area contributed by atoms with Gasteiger partial charge >= 0.3 is 0 Å². The lowest BCUT2D eigenvalue weighted by Crippen LogP contribution is -2.52. The van der Waals surface area contributed by atoms with Gasteiger partial charge in [-0.1, -0.05) is 6.07 Å². The van der Waals surface area contributed by atoms with Crippen LogP contribution in [0.2, 0.25) is 0 Å². The van der Waals surface area contributed by atoms with E-state index < -0.39 is 5.54 Å². The molecule has 21 heavy (non-hydrogen) atoms. The molecule has 0 spiro atoms. The average molecular weight is 289 g/mol. The summed E-state index contributed by atoms with van der Waals surface area (Å²) >= 11 is 0. The Morgan fingerprint density at radius 1 is 1.38 bits per heavy atom. The van der Waals surface area contributed by atoms with Gasteiger partial charge in [-0.3, -0.25) is 4.79 Å². The molecule has 2 N–H and O–H groups in total. The summed E-state index contributed by atoms with van der Waals surface area (Å²) in [6.45, 7) is 1.88. The monoisotopic (exact) mass is 289 g/mol. The summed E-state index contributed by atoms with van der Waals surface area (Å²) in [7, 11) is 0. The van der Waals surface area contributed by atoms with Crippen LogP contribution < -0.4 is 10.1 Å². The van der Waals surface area contributed by atoms with Crippen molar-refractivity contribution in [3.8, 4) is 5.75 Å². The van der Waals surface area contributed by atoms with Crippen molar-refractivity contribution in [2.45, 2.75) is 44.6 Å². The minimum atomic E-state index is -0.502. The van der Waals surface area contributed by atoms with Gasteiger partial charge < -0.3 is 15.2 Å². The van der Waals surface area contributed by atoms with Gasteiger partial charge in [0.1, 0.15) is 5.75 Å². The number of rotatable bonds is 6. The topological polar surface area (TPSA) is 58.6 Å². The van der Waals surface area contributed by atoms with E-state index in [1.54, 1.807) is 0 Å². The molecule has 114 valence electrons. The smallest absolute Gasteiger partial charge is 0.258 e. The zero-order valence-corrected chi connectivity index (χ0v) is 12.5. The summed E-state index contributed by atoms with van der Waals surface area (Å²) in [5.74, 6) is 0.980. The van der Waals surface area contributed by atoms with Gasteiger partial charge in [0.15, 0.2) is 6.61 Å². The maximum atomic E-state index is 12.0. The quantitative estimate of drug-likeness (QED) is 0.840. The summed E-state index contributed by atoms with van der Waals surface area (Å²) in [6.07, 6.45) is 5.59. The Morgan fingerprint density at radius 2 is 2.14 bits per heavy atom. The lowest BCUT2D eigenvalue weighted by Gasteiger charge is -2.28. The van der Waals surface area contributed by atoms with Gasteiger partial charge in [-0.05, 0) is 68.2 Å². The fourth-order valence-electron chi connectivity index (χ4n) is 3.13. The van der Waals surface area contributed by atoms with Crippen LogP contribution in [0.1, 0.15) is 37.3 Å². The Morgan fingerprint density at radius 3 is 2.86 bits per heavy atom. The first-order valence-electron chi connectivity index (χ1n) is 7.77. The highest BCUT2D eigenvalue weighted by Gasteiger charge is 2.42. The molecule has 0 aromatic heterocycles. The molecule has 0 saturated heterocycles. The summed E-state index contributed by atoms with van der Waals surface area (Å²) in [4.78, 5) is 12.0. The van der Waals surface area contributed by atoms with Gasteiger partial charge in [0, 0.05) is 0 Å². The van der Waals surface area contributed by atoms with Crippen molar-refractivity contribution in [3.63, 3.8) is 0 Å². The molecule has 0 bridgehead atoms. The Bertz CT molecular complexity index is 539. The van der Waals surface area contributed by atoms with Crippen LogP contribution in [0.4, 0.5) is 0 Å². The zero-order chi connectivity index (χ0) is 14.9. The van der Waals surface area contributed by atoms with Crippen LogP contribution in [0.25, 0.3) is 0 Å². The van der Waals surface area contributed by atoms with Crippen molar-refractivity contribution >= 4 is 5.91 Å². The van der Waals surface area contributed by atoms with E-state index in [9.17, 15) is 9.90 Å². The molecule has 0 aliphatic heterocycles. The summed E-state index contributed by atoms with van der Waals surface area (Å²) in [5.41, 5.74) is 2.23. The summed E-state index contributed by atoms with van der Waals surface area (Å²) < 4.78 is 5.59. The van der Waals surface area contributed by atoms with Gasteiger partial charge in [-0.25, -0.2) is 0 Å². The van der Waals surface area contributed by atoms with Gasteiger partial charge in [-0.2, -0.15) is 0 Å². The number of aliphatic hydroxyl groups excluding tert-OH is 1. The second-order valence-corrected chi connectivity index (χ2v) is 6.47. The maximum absolute atomic E-state index is 12.0. The number of carbonyl (C=O) groups is 1. The number of hydrogen-bond acceptors (Lipinski definition) is 3. The number of hydrogen-bond donors (Lipinski definition) is 2. The predicted molar refractivity (Wildman–Crippen MR) is 80.3 cm³/mol. The fourth-order valence-corrected chi connectivity index (χ4v) is 3.13. The summed E-state index contributed by atoms with van der Waals surface area (Å²) in [6, 6.07) is 6.07. The number of fused-ring (bicyclic) bond motifs is 1. The third-order valence-corrected chi connectivity index (χ3v) is 4.67. The van der Waals surface area contributed by atoms with Crippen molar-refractivity contribution in [3.05, 3.63) is 29.3 Å². The van der Waals surface area contributed by atoms with Crippen LogP contribution in [-0.2, 0) is 17.6 Å². The second-order valence-electron chi connectivity index (χ2n) is 6.47. The lowest BCUT2D eigenvalue weighted by atomic mass is 9.97. The minimum absolute atomic E-state index is 0.00109. The molecule has 2 aliphatic rings. The first kappa shape index (κ1) is 14.4. The molecule has 3 rings (SSSR count). The van der Waals surface area contributed by atoms with E-state index >= 15 is 0 Å². The predicted octanol–water partition coefficient (Wildman–Crippen LogP) is 1.83. The third kappa shape index (κ3) is 3.21. The van der Waals surface area contributed by atoms with Crippen molar-refractivity contribution in [2.75, 3.05) is 13.2 Å². The normalized spacial score (nSPS) is 19.7. The molecule has 1 unspecified atom stereocenters. The molecule has 4 heteroatoms. The van der Waals surface area contributed by atoms with Crippen LogP contribution in [-0.4, -0.2) is 29.8 Å². The maximum Gasteiger partial charge on any atom is 0.258 e. The van der Waals surface area contributed by atoms with Crippen molar-refractivity contribution in [1.82, 2.24) is 5.32 Å². The van der Waals surface area contributed by atoms with Crippen LogP contribution >= 0.6 is 0 Å². The largest absolute Gasteiger partial charge is 0.484 e. The number of nitrogens with one attached hydrogen (secondary N) is 1. The zero-order valence-electron chi connectivity index (χ0n) is 12.5. The molecular formula is C17H23NO3. The summed E-state index contributed by atoms with van der Waals surface area (Å²) in [5, 5.41) is 12.4. The molecule has 1 fully saturated rings. The van der Waals surface area contributed by atoms with E-state index in [1.807, 2.05) is 19.1 Å². The molecule has 0 heterocycles. The number of ether oxygens (including phenoxy) is 1. The third-order valence-electron chi connectivity index (χ3n) is 4.67. The minimum Gasteiger partial charge on any atom is -0.484 e. The van der Waals surface area contributed by atoms with E-state index in [2.05, 4.69) is 11.4 Å². The van der Waals surface area contributed by atoms with Crippen molar-refractivity contribution in [2.24, 2.45) is 5.92 Å². The second kappa shape index (κ2) is 5.68. The average Bonchev–Trinajstić information content (AvgIpc) is 3.24. The standard InChI is InChI=1S/C17H23NO3/c1-17(11-19,14-6-7-14)18-16(20)10-21-15-8-5-12-3-2-4-13(12)9-15/h5,8-9,14,19H,2-4,6-7,10-11H2,1H3,(H,18,20). The van der Waals surface area contributed by atoms with E-state index in [4.69, 9.17) is 4.74 Å². The SMILES string of the molecule is CC(CO)(NC(=O)COc1ccc2c(c1)CCC2)C1CC1. The van der Waals surface area contributed by atoms with Gasteiger partial charge in [-0.15, -0.1) is 0 Å². The van der Waals surface area contributed by atoms with Gasteiger partial charge in [0.05, 0.1) is 12.1 Å². The first-order chi connectivity index (χ1) is 10.1. The number of benzene rings is 1. The van der Waals surface area contributed by atoms with Crippen molar-refractivity contribution < 1.29 is 14.6 Å². The molecule has 4 nitrogen and oxygen atoms in total. The Kier molecular flexibility index (Phi) is 3.89. The highest BCUT2D eigenvalue weighted by molar-refractivity contribution is 5.78. The molecule has 1 amide bonds.